The molecular formula is C13H25NO2. The van der Waals surface area contributed by atoms with E-state index in [-0.39, 0.29) is 5.41 Å². The first-order chi connectivity index (χ1) is 7.62. The average Bonchev–Trinajstić information content (AvgIpc) is 2.27. The predicted molar refractivity (Wildman–Crippen MR) is 65.2 cm³/mol. The molecule has 0 rings (SSSR count). The van der Waals surface area contributed by atoms with Crippen LogP contribution in [0.25, 0.3) is 0 Å². The fourth-order valence-electron chi connectivity index (χ4n) is 1.24. The third-order valence-electron chi connectivity index (χ3n) is 2.41. The molecule has 0 aliphatic rings. The van der Waals surface area contributed by atoms with Gasteiger partial charge in [0.15, 0.2) is 0 Å². The van der Waals surface area contributed by atoms with Gasteiger partial charge in [-0.2, -0.15) is 5.26 Å². The Morgan fingerprint density at radius 2 is 1.56 bits per heavy atom. The summed E-state index contributed by atoms with van der Waals surface area (Å²) in [4.78, 5) is 0. The molecule has 0 saturated carbocycles. The van der Waals surface area contributed by atoms with Gasteiger partial charge in [0.2, 0.25) is 0 Å². The topological polar surface area (TPSA) is 42.2 Å². The second-order valence-corrected chi connectivity index (χ2v) is 4.68. The Morgan fingerprint density at radius 1 is 1.00 bits per heavy atom. The van der Waals surface area contributed by atoms with E-state index in [0.717, 1.165) is 32.5 Å². The van der Waals surface area contributed by atoms with Crippen LogP contribution in [0.5, 0.6) is 0 Å². The zero-order valence-corrected chi connectivity index (χ0v) is 10.9. The summed E-state index contributed by atoms with van der Waals surface area (Å²) in [5, 5.41) is 8.81. The molecule has 0 aliphatic carbocycles. The normalized spacial score (nSPS) is 11.4. The maximum absolute atomic E-state index is 8.81. The van der Waals surface area contributed by atoms with E-state index < -0.39 is 0 Å². The van der Waals surface area contributed by atoms with Gasteiger partial charge in [-0.3, -0.25) is 0 Å². The Morgan fingerprint density at radius 3 is 2.06 bits per heavy atom. The highest BCUT2D eigenvalue weighted by molar-refractivity contribution is 4.91. The van der Waals surface area contributed by atoms with Crippen LogP contribution in [0, 0.1) is 16.7 Å². The lowest BCUT2D eigenvalue weighted by Crippen LogP contribution is -2.11. The van der Waals surface area contributed by atoms with Crippen LogP contribution in [0.3, 0.4) is 0 Å². The standard InChI is InChI=1S/C13H25NO2/c1-4-5-8-15-10-11-16-9-6-7-13(2,3)12-14/h4-11H2,1-3H3. The number of nitriles is 1. The third kappa shape index (κ3) is 9.95. The Balaban J connectivity index is 3.14. The highest BCUT2D eigenvalue weighted by atomic mass is 16.5. The monoisotopic (exact) mass is 227 g/mol. The van der Waals surface area contributed by atoms with Crippen LogP contribution in [0.15, 0.2) is 0 Å². The van der Waals surface area contributed by atoms with Gasteiger partial charge in [-0.05, 0) is 33.1 Å². The first kappa shape index (κ1) is 15.4. The van der Waals surface area contributed by atoms with Gasteiger partial charge in [-0.1, -0.05) is 13.3 Å². The van der Waals surface area contributed by atoms with Crippen molar-refractivity contribution in [3.05, 3.63) is 0 Å². The molecular weight excluding hydrogens is 202 g/mol. The zero-order valence-electron chi connectivity index (χ0n) is 10.9. The molecule has 0 aromatic carbocycles. The van der Waals surface area contributed by atoms with Crippen molar-refractivity contribution in [2.45, 2.75) is 46.5 Å². The summed E-state index contributed by atoms with van der Waals surface area (Å²) in [6.45, 7) is 8.97. The number of hydrogen-bond donors (Lipinski definition) is 0. The number of ether oxygens (including phenoxy) is 2. The first-order valence-corrected chi connectivity index (χ1v) is 6.19. The van der Waals surface area contributed by atoms with E-state index >= 15 is 0 Å². The summed E-state index contributed by atoms with van der Waals surface area (Å²) in [6.07, 6.45) is 4.12. The molecule has 16 heavy (non-hydrogen) atoms. The van der Waals surface area contributed by atoms with E-state index in [2.05, 4.69) is 13.0 Å². The lowest BCUT2D eigenvalue weighted by Gasteiger charge is -2.14. The van der Waals surface area contributed by atoms with Crippen molar-refractivity contribution in [2.75, 3.05) is 26.4 Å². The van der Waals surface area contributed by atoms with E-state index in [1.54, 1.807) is 0 Å². The fourth-order valence-corrected chi connectivity index (χ4v) is 1.24. The van der Waals surface area contributed by atoms with Gasteiger partial charge in [0, 0.05) is 13.2 Å². The van der Waals surface area contributed by atoms with Crippen LogP contribution in [0.4, 0.5) is 0 Å². The zero-order chi connectivity index (χ0) is 12.3. The highest BCUT2D eigenvalue weighted by Crippen LogP contribution is 2.20. The van der Waals surface area contributed by atoms with E-state index in [4.69, 9.17) is 14.7 Å². The van der Waals surface area contributed by atoms with Gasteiger partial charge in [0.1, 0.15) is 0 Å². The Kier molecular flexibility index (Phi) is 9.27. The summed E-state index contributed by atoms with van der Waals surface area (Å²) in [5.41, 5.74) is -0.221. The van der Waals surface area contributed by atoms with Gasteiger partial charge >= 0.3 is 0 Å². The Labute approximate surface area is 99.7 Å². The van der Waals surface area contributed by atoms with Crippen LogP contribution >= 0.6 is 0 Å². The maximum atomic E-state index is 8.81. The summed E-state index contributed by atoms with van der Waals surface area (Å²) in [6, 6.07) is 2.29. The lowest BCUT2D eigenvalue weighted by atomic mass is 9.90. The minimum absolute atomic E-state index is 0.221. The predicted octanol–water partition coefficient (Wildman–Crippen LogP) is 3.15. The quantitative estimate of drug-likeness (QED) is 0.538. The Bertz CT molecular complexity index is 197. The molecule has 3 nitrogen and oxygen atoms in total. The minimum Gasteiger partial charge on any atom is -0.379 e. The van der Waals surface area contributed by atoms with Crippen molar-refractivity contribution in [1.29, 1.82) is 5.26 Å². The Hall–Kier alpha value is -0.590. The molecule has 94 valence electrons. The van der Waals surface area contributed by atoms with Crippen LogP contribution in [-0.2, 0) is 9.47 Å². The van der Waals surface area contributed by atoms with Gasteiger partial charge < -0.3 is 9.47 Å². The van der Waals surface area contributed by atoms with E-state index in [1.165, 1.54) is 6.42 Å². The molecule has 0 spiro atoms. The van der Waals surface area contributed by atoms with Gasteiger partial charge in [0.25, 0.3) is 0 Å². The number of hydrogen-bond acceptors (Lipinski definition) is 3. The van der Waals surface area contributed by atoms with Crippen molar-refractivity contribution in [3.63, 3.8) is 0 Å². The fraction of sp³-hybridized carbons (Fsp3) is 0.923. The van der Waals surface area contributed by atoms with Crippen molar-refractivity contribution in [3.8, 4) is 6.07 Å². The van der Waals surface area contributed by atoms with Crippen LogP contribution in [-0.4, -0.2) is 26.4 Å². The smallest absolute Gasteiger partial charge is 0.0700 e. The molecule has 0 fully saturated rings. The summed E-state index contributed by atoms with van der Waals surface area (Å²) in [7, 11) is 0. The molecule has 3 heteroatoms. The van der Waals surface area contributed by atoms with Gasteiger partial charge in [-0.25, -0.2) is 0 Å². The van der Waals surface area contributed by atoms with E-state index in [0.29, 0.717) is 13.2 Å². The van der Waals surface area contributed by atoms with Crippen molar-refractivity contribution in [2.24, 2.45) is 5.41 Å². The first-order valence-electron chi connectivity index (χ1n) is 6.19. The molecule has 0 aromatic heterocycles. The highest BCUT2D eigenvalue weighted by Gasteiger charge is 2.15. The van der Waals surface area contributed by atoms with Gasteiger partial charge in [0.05, 0.1) is 24.7 Å². The number of nitrogens with zero attached hydrogens (tertiary/aromatic N) is 1. The van der Waals surface area contributed by atoms with Crippen LogP contribution in [0.1, 0.15) is 46.5 Å². The maximum Gasteiger partial charge on any atom is 0.0700 e. The van der Waals surface area contributed by atoms with Crippen molar-refractivity contribution < 1.29 is 9.47 Å². The number of unbranched alkanes of at least 4 members (excludes halogenated alkanes) is 1. The summed E-state index contributed by atoms with van der Waals surface area (Å²) >= 11 is 0. The van der Waals surface area contributed by atoms with E-state index in [9.17, 15) is 0 Å². The lowest BCUT2D eigenvalue weighted by molar-refractivity contribution is 0.0439. The second-order valence-electron chi connectivity index (χ2n) is 4.68. The second kappa shape index (κ2) is 9.62. The SMILES string of the molecule is CCCCOCCOCCCC(C)(C)C#N. The molecule has 0 N–H and O–H groups in total. The molecule has 0 amide bonds. The molecule has 0 unspecified atom stereocenters. The molecule has 0 aliphatic heterocycles. The molecule has 0 aromatic rings. The molecule has 0 bridgehead atoms. The molecule has 0 saturated heterocycles. The average molecular weight is 227 g/mol. The largest absolute Gasteiger partial charge is 0.379 e. The molecule has 0 atom stereocenters. The molecule has 0 heterocycles. The minimum atomic E-state index is -0.221. The summed E-state index contributed by atoms with van der Waals surface area (Å²) < 4.78 is 10.8. The molecule has 0 radical (unpaired) electrons. The third-order valence-corrected chi connectivity index (χ3v) is 2.41. The summed E-state index contributed by atoms with van der Waals surface area (Å²) in [5.74, 6) is 0. The van der Waals surface area contributed by atoms with Crippen molar-refractivity contribution >= 4 is 0 Å². The van der Waals surface area contributed by atoms with Crippen molar-refractivity contribution in [1.82, 2.24) is 0 Å². The number of rotatable bonds is 10. The van der Waals surface area contributed by atoms with Crippen LogP contribution < -0.4 is 0 Å². The van der Waals surface area contributed by atoms with E-state index in [1.807, 2.05) is 13.8 Å². The van der Waals surface area contributed by atoms with Crippen LogP contribution in [0.2, 0.25) is 0 Å². The van der Waals surface area contributed by atoms with Gasteiger partial charge in [-0.15, -0.1) is 0 Å².